The van der Waals surface area contributed by atoms with Crippen LogP contribution in [0.2, 0.25) is 0 Å². The number of rotatable bonds is 5. The summed E-state index contributed by atoms with van der Waals surface area (Å²) in [5, 5.41) is 0. The maximum atomic E-state index is 12.0. The minimum absolute atomic E-state index is 0.201. The largest absolute Gasteiger partial charge is 0.365 e. The van der Waals surface area contributed by atoms with Gasteiger partial charge in [0.25, 0.3) is 0 Å². The topological polar surface area (TPSA) is 66.6 Å². The summed E-state index contributed by atoms with van der Waals surface area (Å²) in [6.45, 7) is 5.32. The quantitative estimate of drug-likeness (QED) is 0.877. The lowest BCUT2D eigenvalue weighted by atomic mass is 10.1. The van der Waals surface area contributed by atoms with Crippen LogP contribution in [0.1, 0.15) is 13.3 Å². The maximum Gasteiger partial charge on any atom is 0.178 e. The van der Waals surface area contributed by atoms with Crippen LogP contribution < -0.4 is 10.6 Å². The molecule has 118 valence electrons. The third-order valence-corrected chi connectivity index (χ3v) is 5.89. The maximum absolute atomic E-state index is 12.0. The van der Waals surface area contributed by atoms with Gasteiger partial charge in [-0.1, -0.05) is 6.92 Å². The lowest BCUT2D eigenvalue weighted by Gasteiger charge is -2.41. The van der Waals surface area contributed by atoms with Gasteiger partial charge in [0, 0.05) is 31.9 Å². The van der Waals surface area contributed by atoms with E-state index < -0.39 is 9.84 Å². The Morgan fingerprint density at radius 2 is 1.90 bits per heavy atom. The third kappa shape index (κ3) is 3.75. The molecule has 1 aliphatic rings. The minimum atomic E-state index is -3.14. The zero-order valence-electron chi connectivity index (χ0n) is 12.8. The Kier molecular flexibility index (Phi) is 5.24. The molecule has 1 fully saturated rings. The van der Waals surface area contributed by atoms with Crippen molar-refractivity contribution >= 4 is 15.5 Å². The first-order valence-electron chi connectivity index (χ1n) is 7.46. The number of likely N-dealkylation sites (N-methyl/N-ethyl adjacent to an activating group) is 1. The fourth-order valence-electron chi connectivity index (χ4n) is 2.78. The summed E-state index contributed by atoms with van der Waals surface area (Å²) in [6.07, 6.45) is 0.637. The number of anilines is 1. The summed E-state index contributed by atoms with van der Waals surface area (Å²) >= 11 is 0. The van der Waals surface area contributed by atoms with Crippen LogP contribution >= 0.6 is 0 Å². The summed E-state index contributed by atoms with van der Waals surface area (Å²) in [4.78, 5) is 4.95. The van der Waals surface area contributed by atoms with E-state index in [9.17, 15) is 8.42 Å². The Balaban J connectivity index is 2.19. The van der Waals surface area contributed by atoms with Crippen LogP contribution in [0.3, 0.4) is 0 Å². The molecule has 1 heterocycles. The highest BCUT2D eigenvalue weighted by atomic mass is 32.2. The summed E-state index contributed by atoms with van der Waals surface area (Å²) < 4.78 is 24.1. The molecule has 1 aliphatic heterocycles. The first-order valence-corrected chi connectivity index (χ1v) is 9.11. The summed E-state index contributed by atoms with van der Waals surface area (Å²) in [5.74, 6) is 0.201. The van der Waals surface area contributed by atoms with Crippen molar-refractivity contribution in [2.24, 2.45) is 5.73 Å². The zero-order valence-corrected chi connectivity index (χ0v) is 13.6. The standard InChI is InChI=1S/C15H25N3O2S/c1-3-10-21(19,20)15-6-4-13(5-7-15)18-9-8-17(2)12-14(18)11-16/h4-7,14H,3,8-12,16H2,1-2H3. The van der Waals surface area contributed by atoms with Crippen molar-refractivity contribution in [3.63, 3.8) is 0 Å². The van der Waals surface area contributed by atoms with Crippen molar-refractivity contribution in [3.8, 4) is 0 Å². The second kappa shape index (κ2) is 6.77. The second-order valence-electron chi connectivity index (χ2n) is 5.66. The molecule has 1 atom stereocenters. The molecule has 1 aromatic carbocycles. The first kappa shape index (κ1) is 16.3. The fraction of sp³-hybridized carbons (Fsp3) is 0.600. The molecule has 0 spiro atoms. The fourth-order valence-corrected chi connectivity index (χ4v) is 4.11. The number of sulfone groups is 1. The highest BCUT2D eigenvalue weighted by Crippen LogP contribution is 2.22. The van der Waals surface area contributed by atoms with Crippen molar-refractivity contribution in [2.75, 3.05) is 43.9 Å². The minimum Gasteiger partial charge on any atom is -0.365 e. The van der Waals surface area contributed by atoms with E-state index in [0.29, 0.717) is 17.9 Å². The molecule has 0 aromatic heterocycles. The number of hydrogen-bond acceptors (Lipinski definition) is 5. The summed E-state index contributed by atoms with van der Waals surface area (Å²) in [5.41, 5.74) is 6.92. The molecule has 1 aromatic rings. The highest BCUT2D eigenvalue weighted by Gasteiger charge is 2.24. The average Bonchev–Trinajstić information content (AvgIpc) is 2.47. The van der Waals surface area contributed by atoms with Gasteiger partial charge in [-0.25, -0.2) is 8.42 Å². The molecular weight excluding hydrogens is 286 g/mol. The molecule has 0 saturated carbocycles. The molecule has 21 heavy (non-hydrogen) atoms. The van der Waals surface area contributed by atoms with Gasteiger partial charge >= 0.3 is 0 Å². The van der Waals surface area contributed by atoms with Gasteiger partial charge in [-0.15, -0.1) is 0 Å². The van der Waals surface area contributed by atoms with Gasteiger partial charge in [-0.2, -0.15) is 0 Å². The number of nitrogens with zero attached hydrogens (tertiary/aromatic N) is 2. The Morgan fingerprint density at radius 1 is 1.24 bits per heavy atom. The van der Waals surface area contributed by atoms with Gasteiger partial charge in [0.2, 0.25) is 0 Å². The zero-order chi connectivity index (χ0) is 15.5. The molecular formula is C15H25N3O2S. The SMILES string of the molecule is CCCS(=O)(=O)c1ccc(N2CCN(C)CC2CN)cc1. The van der Waals surface area contributed by atoms with Gasteiger partial charge < -0.3 is 15.5 Å². The lowest BCUT2D eigenvalue weighted by molar-refractivity contribution is 0.270. The predicted molar refractivity (Wildman–Crippen MR) is 86.5 cm³/mol. The molecule has 0 radical (unpaired) electrons. The predicted octanol–water partition coefficient (Wildman–Crippen LogP) is 0.949. The molecule has 1 saturated heterocycles. The van der Waals surface area contributed by atoms with Gasteiger partial charge in [0.05, 0.1) is 16.7 Å². The number of hydrogen-bond donors (Lipinski definition) is 1. The normalized spacial score (nSPS) is 20.7. The average molecular weight is 311 g/mol. The molecule has 6 heteroatoms. The van der Waals surface area contributed by atoms with Crippen molar-refractivity contribution in [2.45, 2.75) is 24.3 Å². The van der Waals surface area contributed by atoms with Crippen LogP contribution in [0.5, 0.6) is 0 Å². The van der Waals surface area contributed by atoms with Crippen molar-refractivity contribution in [1.82, 2.24) is 4.90 Å². The van der Waals surface area contributed by atoms with E-state index in [1.165, 1.54) is 0 Å². The Bertz CT molecular complexity index is 557. The van der Waals surface area contributed by atoms with E-state index in [0.717, 1.165) is 25.3 Å². The van der Waals surface area contributed by atoms with E-state index in [1.807, 2.05) is 19.1 Å². The van der Waals surface area contributed by atoms with Crippen LogP contribution in [-0.2, 0) is 9.84 Å². The Morgan fingerprint density at radius 3 is 2.48 bits per heavy atom. The summed E-state index contributed by atoms with van der Waals surface area (Å²) in [7, 11) is -1.04. The Hall–Kier alpha value is -1.11. The second-order valence-corrected chi connectivity index (χ2v) is 7.77. The van der Waals surface area contributed by atoms with Crippen molar-refractivity contribution in [1.29, 1.82) is 0 Å². The molecule has 0 amide bonds. The van der Waals surface area contributed by atoms with E-state index in [1.54, 1.807) is 12.1 Å². The van der Waals surface area contributed by atoms with Crippen LogP contribution in [0.4, 0.5) is 5.69 Å². The van der Waals surface area contributed by atoms with Crippen LogP contribution in [0, 0.1) is 0 Å². The van der Waals surface area contributed by atoms with E-state index in [4.69, 9.17) is 5.73 Å². The van der Waals surface area contributed by atoms with E-state index >= 15 is 0 Å². The number of benzene rings is 1. The van der Waals surface area contributed by atoms with Crippen molar-refractivity contribution < 1.29 is 8.42 Å². The molecule has 2 N–H and O–H groups in total. The van der Waals surface area contributed by atoms with Crippen LogP contribution in [-0.4, -0.2) is 58.3 Å². The van der Waals surface area contributed by atoms with Gasteiger partial charge in [0.15, 0.2) is 9.84 Å². The smallest absolute Gasteiger partial charge is 0.178 e. The number of piperazine rings is 1. The van der Waals surface area contributed by atoms with Crippen LogP contribution in [0.25, 0.3) is 0 Å². The van der Waals surface area contributed by atoms with E-state index in [2.05, 4.69) is 16.8 Å². The lowest BCUT2D eigenvalue weighted by Crippen LogP contribution is -2.55. The van der Waals surface area contributed by atoms with Gasteiger partial charge in [-0.3, -0.25) is 0 Å². The Labute approximate surface area is 127 Å². The molecule has 2 rings (SSSR count). The highest BCUT2D eigenvalue weighted by molar-refractivity contribution is 7.91. The monoisotopic (exact) mass is 311 g/mol. The van der Waals surface area contributed by atoms with Gasteiger partial charge in [-0.05, 0) is 37.7 Å². The number of nitrogens with two attached hydrogens (primary N) is 1. The van der Waals surface area contributed by atoms with E-state index in [-0.39, 0.29) is 11.8 Å². The molecule has 1 unspecified atom stereocenters. The third-order valence-electron chi connectivity index (χ3n) is 3.96. The molecule has 0 bridgehead atoms. The first-order chi connectivity index (χ1) is 9.97. The molecule has 5 nitrogen and oxygen atoms in total. The summed E-state index contributed by atoms with van der Waals surface area (Å²) in [6, 6.07) is 7.51. The van der Waals surface area contributed by atoms with Crippen molar-refractivity contribution in [3.05, 3.63) is 24.3 Å². The molecule has 0 aliphatic carbocycles. The van der Waals surface area contributed by atoms with Gasteiger partial charge in [0.1, 0.15) is 0 Å². The van der Waals surface area contributed by atoms with Crippen LogP contribution in [0.15, 0.2) is 29.2 Å².